The van der Waals surface area contributed by atoms with E-state index in [9.17, 15) is 9.59 Å². The first-order valence-corrected chi connectivity index (χ1v) is 8.65. The Morgan fingerprint density at radius 2 is 1.89 bits per heavy atom. The van der Waals surface area contributed by atoms with E-state index in [1.54, 1.807) is 19.1 Å². The molecule has 1 aromatic carbocycles. The van der Waals surface area contributed by atoms with Crippen molar-refractivity contribution < 1.29 is 9.59 Å². The Morgan fingerprint density at radius 3 is 2.44 bits per heavy atom. The number of pyridine rings is 1. The molecule has 2 aromatic rings. The van der Waals surface area contributed by atoms with Gasteiger partial charge >= 0.3 is 0 Å². The van der Waals surface area contributed by atoms with Crippen LogP contribution in [0.3, 0.4) is 0 Å². The number of ketones is 1. The molecule has 3 rings (SSSR count). The fourth-order valence-electron chi connectivity index (χ4n) is 3.52. The summed E-state index contributed by atoms with van der Waals surface area (Å²) in [5.74, 6) is 4.81. The molecule has 0 N–H and O–H groups in total. The second kappa shape index (κ2) is 7.43. The van der Waals surface area contributed by atoms with Gasteiger partial charge in [-0.25, -0.2) is 0 Å². The topological polar surface area (TPSA) is 74.1 Å². The first kappa shape index (κ1) is 18.4. The van der Waals surface area contributed by atoms with Crippen LogP contribution >= 0.6 is 0 Å². The Labute approximate surface area is 158 Å². The molecule has 27 heavy (non-hydrogen) atoms. The molecule has 1 unspecified atom stereocenters. The number of nitriles is 1. The Bertz CT molecular complexity index is 997. The smallest absolute Gasteiger partial charge is 0.238 e. The summed E-state index contributed by atoms with van der Waals surface area (Å²) in [4.78, 5) is 31.3. The number of hydrogen-bond acceptors (Lipinski definition) is 4. The molecule has 1 amide bonds. The number of nitrogens with zero attached hydrogens (tertiary/aromatic N) is 3. The molecule has 0 spiro atoms. The predicted octanol–water partition coefficient (Wildman–Crippen LogP) is 2.64. The van der Waals surface area contributed by atoms with Crippen molar-refractivity contribution in [2.24, 2.45) is 0 Å². The lowest BCUT2D eigenvalue weighted by Gasteiger charge is -2.18. The molecule has 1 saturated heterocycles. The fourth-order valence-corrected chi connectivity index (χ4v) is 3.52. The average Bonchev–Trinajstić information content (AvgIpc) is 2.90. The minimum absolute atomic E-state index is 0.0700. The zero-order chi connectivity index (χ0) is 19.6. The van der Waals surface area contributed by atoms with Crippen molar-refractivity contribution in [3.63, 3.8) is 0 Å². The highest BCUT2D eigenvalue weighted by molar-refractivity contribution is 6.13. The highest BCUT2D eigenvalue weighted by Crippen LogP contribution is 2.32. The molecule has 0 radical (unpaired) electrons. The number of carbonyl (C=O) groups is 2. The number of rotatable bonds is 3. The van der Waals surface area contributed by atoms with E-state index in [1.165, 1.54) is 11.1 Å². The molecular formula is C22H19N3O2. The van der Waals surface area contributed by atoms with Gasteiger partial charge in [0.2, 0.25) is 5.91 Å². The molecule has 2 heterocycles. The zero-order valence-corrected chi connectivity index (χ0v) is 15.5. The first-order chi connectivity index (χ1) is 12.9. The normalized spacial score (nSPS) is 16.1. The fraction of sp³-hybridized carbons (Fsp3) is 0.273. The number of aromatic nitrogens is 1. The van der Waals surface area contributed by atoms with E-state index in [4.69, 9.17) is 5.26 Å². The average molecular weight is 357 g/mol. The molecule has 5 nitrogen and oxygen atoms in total. The lowest BCUT2D eigenvalue weighted by Crippen LogP contribution is -2.27. The highest BCUT2D eigenvalue weighted by atomic mass is 16.2. The van der Waals surface area contributed by atoms with Crippen LogP contribution < -0.4 is 0 Å². The van der Waals surface area contributed by atoms with E-state index in [1.807, 2.05) is 32.0 Å². The van der Waals surface area contributed by atoms with Crippen LogP contribution in [-0.2, 0) is 16.1 Å². The second-order valence-corrected chi connectivity index (χ2v) is 6.64. The van der Waals surface area contributed by atoms with Gasteiger partial charge in [-0.05, 0) is 61.7 Å². The van der Waals surface area contributed by atoms with Gasteiger partial charge in [-0.3, -0.25) is 14.6 Å². The summed E-state index contributed by atoms with van der Waals surface area (Å²) in [6.45, 7) is 5.92. The number of carbonyl (C=O) groups excluding carboxylic acids is 2. The minimum Gasteiger partial charge on any atom is -0.329 e. The first-order valence-electron chi connectivity index (χ1n) is 8.65. The van der Waals surface area contributed by atoms with Crippen LogP contribution in [0.4, 0.5) is 0 Å². The van der Waals surface area contributed by atoms with Crippen molar-refractivity contribution in [2.75, 3.05) is 6.54 Å². The summed E-state index contributed by atoms with van der Waals surface area (Å²) in [7, 11) is 0. The zero-order valence-electron chi connectivity index (χ0n) is 15.5. The number of likely N-dealkylation sites (tertiary alicyclic amines) is 1. The molecule has 1 aromatic heterocycles. The van der Waals surface area contributed by atoms with E-state index >= 15 is 0 Å². The van der Waals surface area contributed by atoms with E-state index in [0.717, 1.165) is 22.3 Å². The Hall–Kier alpha value is -3.44. The summed E-state index contributed by atoms with van der Waals surface area (Å²) in [5, 5.41) is 8.85. The molecule has 1 atom stereocenters. The summed E-state index contributed by atoms with van der Waals surface area (Å²) >= 11 is 0. The number of Topliss-reactive ketones (excluding diaryl/α,β-unsaturated/α-hetero) is 1. The summed E-state index contributed by atoms with van der Waals surface area (Å²) in [6, 6.07) is 9.22. The van der Waals surface area contributed by atoms with Gasteiger partial charge in [0.05, 0.1) is 24.3 Å². The SMILES string of the molecule is CC#Cc1cc(C)c(C2C(=O)CN(Cc3ccc(C#N)cn3)C2=O)c(C)c1. The third kappa shape index (κ3) is 3.59. The number of amides is 1. The number of hydrogen-bond donors (Lipinski definition) is 0. The standard InChI is InChI=1S/C22H19N3O2/c1-4-5-16-8-14(2)20(15(3)9-16)21-19(26)13-25(22(21)27)12-18-7-6-17(10-23)11-24-18/h6-9,11,21H,12-13H2,1-3H3. The summed E-state index contributed by atoms with van der Waals surface area (Å²) in [6.07, 6.45) is 1.47. The molecule has 1 aliphatic heterocycles. The molecule has 5 heteroatoms. The van der Waals surface area contributed by atoms with Crippen LogP contribution in [0.2, 0.25) is 0 Å². The highest BCUT2D eigenvalue weighted by Gasteiger charge is 2.41. The third-order valence-corrected chi connectivity index (χ3v) is 4.69. The number of benzene rings is 1. The van der Waals surface area contributed by atoms with Gasteiger partial charge in [0, 0.05) is 11.8 Å². The Kier molecular flexibility index (Phi) is 5.05. The maximum Gasteiger partial charge on any atom is 0.238 e. The minimum atomic E-state index is -0.771. The van der Waals surface area contributed by atoms with Crippen LogP contribution in [0.15, 0.2) is 30.5 Å². The Balaban J connectivity index is 1.88. The van der Waals surface area contributed by atoms with Gasteiger partial charge in [0.15, 0.2) is 5.78 Å². The summed E-state index contributed by atoms with van der Waals surface area (Å²) < 4.78 is 0. The molecule has 0 bridgehead atoms. The van der Waals surface area contributed by atoms with Crippen LogP contribution in [0, 0.1) is 37.0 Å². The van der Waals surface area contributed by atoms with Gasteiger partial charge in [-0.2, -0.15) is 5.26 Å². The van der Waals surface area contributed by atoms with Crippen LogP contribution in [0.5, 0.6) is 0 Å². The van der Waals surface area contributed by atoms with Gasteiger partial charge < -0.3 is 4.90 Å². The predicted molar refractivity (Wildman–Crippen MR) is 101 cm³/mol. The maximum absolute atomic E-state index is 13.0. The summed E-state index contributed by atoms with van der Waals surface area (Å²) in [5.41, 5.74) is 4.57. The van der Waals surface area contributed by atoms with Crippen LogP contribution in [0.1, 0.15) is 46.4 Å². The largest absolute Gasteiger partial charge is 0.329 e. The second-order valence-electron chi connectivity index (χ2n) is 6.64. The van der Waals surface area contributed by atoms with Crippen molar-refractivity contribution in [2.45, 2.75) is 33.2 Å². The van der Waals surface area contributed by atoms with Crippen molar-refractivity contribution in [1.29, 1.82) is 5.26 Å². The molecular weight excluding hydrogens is 338 g/mol. The van der Waals surface area contributed by atoms with Crippen LogP contribution in [0.25, 0.3) is 0 Å². The van der Waals surface area contributed by atoms with E-state index in [2.05, 4.69) is 16.8 Å². The Morgan fingerprint density at radius 1 is 1.19 bits per heavy atom. The lowest BCUT2D eigenvalue weighted by molar-refractivity contribution is -0.130. The van der Waals surface area contributed by atoms with Crippen LogP contribution in [-0.4, -0.2) is 28.1 Å². The van der Waals surface area contributed by atoms with Gasteiger partial charge in [-0.15, -0.1) is 5.92 Å². The quantitative estimate of drug-likeness (QED) is 0.625. The van der Waals surface area contributed by atoms with Gasteiger partial charge in [0.25, 0.3) is 0 Å². The van der Waals surface area contributed by atoms with E-state index in [-0.39, 0.29) is 24.8 Å². The molecule has 0 saturated carbocycles. The monoisotopic (exact) mass is 357 g/mol. The van der Waals surface area contributed by atoms with Crippen molar-refractivity contribution in [3.05, 3.63) is 64.0 Å². The molecule has 1 fully saturated rings. The van der Waals surface area contributed by atoms with E-state index < -0.39 is 5.92 Å². The van der Waals surface area contributed by atoms with Crippen molar-refractivity contribution in [1.82, 2.24) is 9.88 Å². The van der Waals surface area contributed by atoms with Crippen molar-refractivity contribution in [3.8, 4) is 17.9 Å². The lowest BCUT2D eigenvalue weighted by atomic mass is 9.87. The number of aryl methyl sites for hydroxylation is 2. The molecule has 1 aliphatic rings. The molecule has 0 aliphatic carbocycles. The van der Waals surface area contributed by atoms with Crippen molar-refractivity contribution >= 4 is 11.7 Å². The third-order valence-electron chi connectivity index (χ3n) is 4.69. The van der Waals surface area contributed by atoms with Gasteiger partial charge in [0.1, 0.15) is 12.0 Å². The molecule has 134 valence electrons. The van der Waals surface area contributed by atoms with E-state index in [0.29, 0.717) is 11.3 Å². The van der Waals surface area contributed by atoms with Gasteiger partial charge in [-0.1, -0.05) is 5.92 Å². The maximum atomic E-state index is 13.0.